The van der Waals surface area contributed by atoms with E-state index >= 15 is 0 Å². The van der Waals surface area contributed by atoms with E-state index in [1.165, 1.54) is 12.8 Å². The normalized spacial score (nSPS) is 19.2. The van der Waals surface area contributed by atoms with Gasteiger partial charge in [-0.3, -0.25) is 0 Å². The van der Waals surface area contributed by atoms with Crippen molar-refractivity contribution in [2.45, 2.75) is 16.8 Å². The van der Waals surface area contributed by atoms with Crippen LogP contribution in [-0.4, -0.2) is 70.8 Å². The van der Waals surface area contributed by atoms with E-state index in [-0.39, 0.29) is 0 Å². The van der Waals surface area contributed by atoms with Crippen LogP contribution in [0.2, 0.25) is 3.93 Å². The molecule has 78 valence electrons. The van der Waals surface area contributed by atoms with E-state index in [0.717, 1.165) is 3.93 Å². The first-order valence-electron chi connectivity index (χ1n) is 4.96. The molecule has 0 saturated heterocycles. The summed E-state index contributed by atoms with van der Waals surface area (Å²) in [7, 11) is 13.6. The molecule has 4 heteroatoms. The van der Waals surface area contributed by atoms with Crippen LogP contribution in [0.15, 0.2) is 0 Å². The van der Waals surface area contributed by atoms with Crippen molar-refractivity contribution >= 4 is 19.2 Å². The second kappa shape index (κ2) is 4.04. The van der Waals surface area contributed by atoms with Gasteiger partial charge in [0.1, 0.15) is 0 Å². The first-order valence-corrected chi connectivity index (χ1v) is 10.4. The predicted octanol–water partition coefficient (Wildman–Crippen LogP) is 0.774. The Bertz CT molecular complexity index is 148. The van der Waals surface area contributed by atoms with E-state index in [4.69, 9.17) is 0 Å². The van der Waals surface area contributed by atoms with Crippen molar-refractivity contribution in [1.82, 2.24) is 9.36 Å². The van der Waals surface area contributed by atoms with Crippen molar-refractivity contribution in [2.75, 3.05) is 42.3 Å². The third-order valence-electron chi connectivity index (χ3n) is 3.10. The summed E-state index contributed by atoms with van der Waals surface area (Å²) in [5, 5.41) is 0. The second-order valence-corrected chi connectivity index (χ2v) is 18.6. The molecule has 0 bridgehead atoms. The second-order valence-electron chi connectivity index (χ2n) is 4.64. The zero-order valence-electron chi connectivity index (χ0n) is 9.83. The Morgan fingerprint density at radius 3 is 1.15 bits per heavy atom. The summed E-state index contributed by atoms with van der Waals surface area (Å²) in [6.07, 6.45) is 2.90. The van der Waals surface area contributed by atoms with Crippen molar-refractivity contribution in [3.8, 4) is 0 Å². The van der Waals surface area contributed by atoms with Crippen LogP contribution < -0.4 is 0 Å². The molecule has 0 N–H and O–H groups in total. The van der Waals surface area contributed by atoms with E-state index in [2.05, 4.69) is 51.7 Å². The summed E-state index contributed by atoms with van der Waals surface area (Å²) in [6.45, 7) is 0. The SMILES string of the molecule is C[N](C)[Sn]([CH]1CC1)([N](C)C)[N](C)C. The predicted molar refractivity (Wildman–Crippen MR) is 59.8 cm³/mol. The first-order chi connectivity index (χ1) is 5.94. The molecule has 0 amide bonds. The number of hydrogen-bond donors (Lipinski definition) is 0. The van der Waals surface area contributed by atoms with Gasteiger partial charge in [-0.1, -0.05) is 0 Å². The fraction of sp³-hybridized carbons (Fsp3) is 1.00. The number of hydrogen-bond acceptors (Lipinski definition) is 3. The molecule has 1 fully saturated rings. The molecular weight excluding hydrogens is 269 g/mol. The van der Waals surface area contributed by atoms with Gasteiger partial charge < -0.3 is 0 Å². The third kappa shape index (κ3) is 1.89. The van der Waals surface area contributed by atoms with Crippen LogP contribution in [0.4, 0.5) is 0 Å². The van der Waals surface area contributed by atoms with Crippen LogP contribution in [0.5, 0.6) is 0 Å². The van der Waals surface area contributed by atoms with Gasteiger partial charge in [0.2, 0.25) is 0 Å². The molecule has 0 aromatic carbocycles. The molecule has 0 heterocycles. The quantitative estimate of drug-likeness (QED) is 0.709. The molecule has 0 aliphatic heterocycles. The van der Waals surface area contributed by atoms with Crippen molar-refractivity contribution in [3.05, 3.63) is 0 Å². The van der Waals surface area contributed by atoms with Crippen LogP contribution in [0, 0.1) is 0 Å². The molecule has 0 atom stereocenters. The summed E-state index contributed by atoms with van der Waals surface area (Å²) in [5.74, 6) is 0. The van der Waals surface area contributed by atoms with Crippen LogP contribution in [0.3, 0.4) is 0 Å². The number of rotatable bonds is 4. The van der Waals surface area contributed by atoms with Gasteiger partial charge in [-0.25, -0.2) is 0 Å². The summed E-state index contributed by atoms with van der Waals surface area (Å²) in [5.41, 5.74) is 0. The minimum atomic E-state index is -2.32. The number of nitrogens with zero attached hydrogens (tertiary/aromatic N) is 3. The average molecular weight is 292 g/mol. The third-order valence-corrected chi connectivity index (χ3v) is 19.1. The van der Waals surface area contributed by atoms with Gasteiger partial charge in [-0.05, 0) is 0 Å². The minimum absolute atomic E-state index is 1.01. The van der Waals surface area contributed by atoms with Crippen LogP contribution in [-0.2, 0) is 0 Å². The maximum absolute atomic E-state index is 2.53. The van der Waals surface area contributed by atoms with Crippen LogP contribution in [0.1, 0.15) is 12.8 Å². The van der Waals surface area contributed by atoms with E-state index in [1.807, 2.05) is 0 Å². The zero-order valence-corrected chi connectivity index (χ0v) is 12.7. The molecule has 1 aliphatic rings. The molecule has 3 nitrogen and oxygen atoms in total. The summed E-state index contributed by atoms with van der Waals surface area (Å²) >= 11 is -2.32. The zero-order chi connectivity index (χ0) is 10.2. The average Bonchev–Trinajstić information content (AvgIpc) is 2.69. The molecule has 0 aromatic heterocycles. The topological polar surface area (TPSA) is 9.72 Å². The van der Waals surface area contributed by atoms with Gasteiger partial charge in [0.05, 0.1) is 0 Å². The maximum atomic E-state index is 2.53. The summed E-state index contributed by atoms with van der Waals surface area (Å²) in [4.78, 5) is 0. The van der Waals surface area contributed by atoms with Gasteiger partial charge in [0, 0.05) is 0 Å². The summed E-state index contributed by atoms with van der Waals surface area (Å²) < 4.78 is 8.61. The molecule has 0 aromatic rings. The molecule has 1 aliphatic carbocycles. The summed E-state index contributed by atoms with van der Waals surface area (Å²) in [6, 6.07) is 0. The fourth-order valence-electron chi connectivity index (χ4n) is 2.77. The van der Waals surface area contributed by atoms with E-state index in [1.54, 1.807) is 0 Å². The molecule has 0 radical (unpaired) electrons. The Morgan fingerprint density at radius 1 is 0.769 bits per heavy atom. The molecule has 1 saturated carbocycles. The standard InChI is InChI=1S/C3H5.3C2H6N.Sn/c1-2-3-1;3*1-3-2;/h1H,2-3H2;3*1-2H3;/q;3*-1;+3. The van der Waals surface area contributed by atoms with Gasteiger partial charge in [0.15, 0.2) is 0 Å². The van der Waals surface area contributed by atoms with Gasteiger partial charge >= 0.3 is 87.6 Å². The molecular formula is C9H23N3Sn. The Hall–Kier alpha value is 0.679. The fourth-order valence-corrected chi connectivity index (χ4v) is 18.6. The van der Waals surface area contributed by atoms with Crippen molar-refractivity contribution in [1.29, 1.82) is 0 Å². The first kappa shape index (κ1) is 11.8. The van der Waals surface area contributed by atoms with E-state index in [9.17, 15) is 0 Å². The Balaban J connectivity index is 2.92. The van der Waals surface area contributed by atoms with Gasteiger partial charge in [-0.2, -0.15) is 0 Å². The van der Waals surface area contributed by atoms with Crippen LogP contribution >= 0.6 is 0 Å². The molecule has 0 spiro atoms. The monoisotopic (exact) mass is 293 g/mol. The molecule has 1 rings (SSSR count). The Morgan fingerprint density at radius 2 is 1.08 bits per heavy atom. The van der Waals surface area contributed by atoms with E-state index in [0.29, 0.717) is 0 Å². The molecule has 13 heavy (non-hydrogen) atoms. The van der Waals surface area contributed by atoms with Crippen molar-refractivity contribution in [3.63, 3.8) is 0 Å². The van der Waals surface area contributed by atoms with Crippen LogP contribution in [0.25, 0.3) is 0 Å². The van der Waals surface area contributed by atoms with Crippen molar-refractivity contribution in [2.24, 2.45) is 0 Å². The Kier molecular flexibility index (Phi) is 3.66. The molecule has 0 unspecified atom stereocenters. The Labute approximate surface area is 87.6 Å². The van der Waals surface area contributed by atoms with E-state index < -0.39 is 19.2 Å². The van der Waals surface area contributed by atoms with Crippen molar-refractivity contribution < 1.29 is 0 Å². The van der Waals surface area contributed by atoms with Gasteiger partial charge in [-0.15, -0.1) is 0 Å². The van der Waals surface area contributed by atoms with Gasteiger partial charge in [0.25, 0.3) is 0 Å².